The third-order valence-electron chi connectivity index (χ3n) is 2.11. The van der Waals surface area contributed by atoms with Gasteiger partial charge in [0.15, 0.2) is 0 Å². The van der Waals surface area contributed by atoms with Gasteiger partial charge in [0.1, 0.15) is 0 Å². The van der Waals surface area contributed by atoms with Gasteiger partial charge in [-0.3, -0.25) is 0 Å². The van der Waals surface area contributed by atoms with Gasteiger partial charge in [0.2, 0.25) is 0 Å². The SMILES string of the molecule is Clc1ccc(C2C[N]CCO2)cc1. The lowest BCUT2D eigenvalue weighted by atomic mass is 10.1. The van der Waals surface area contributed by atoms with Gasteiger partial charge in [-0.1, -0.05) is 23.7 Å². The van der Waals surface area contributed by atoms with E-state index in [2.05, 4.69) is 5.32 Å². The lowest BCUT2D eigenvalue weighted by Gasteiger charge is -2.22. The molecule has 0 amide bonds. The van der Waals surface area contributed by atoms with Gasteiger partial charge in [-0.15, -0.1) is 0 Å². The quantitative estimate of drug-likeness (QED) is 0.674. The molecule has 1 aromatic carbocycles. The van der Waals surface area contributed by atoms with Gasteiger partial charge in [-0.2, -0.15) is 0 Å². The molecule has 13 heavy (non-hydrogen) atoms. The summed E-state index contributed by atoms with van der Waals surface area (Å²) in [5, 5.41) is 5.06. The lowest BCUT2D eigenvalue weighted by Crippen LogP contribution is -2.28. The Bertz CT molecular complexity index is 267. The normalized spacial score (nSPS) is 23.0. The van der Waals surface area contributed by atoms with Crippen LogP contribution in [-0.2, 0) is 4.74 Å². The Morgan fingerprint density at radius 2 is 2.08 bits per heavy atom. The molecular weight excluding hydrogens is 186 g/mol. The maximum Gasteiger partial charge on any atom is 0.0966 e. The number of ether oxygens (including phenoxy) is 1. The van der Waals surface area contributed by atoms with E-state index in [1.165, 1.54) is 0 Å². The van der Waals surface area contributed by atoms with Crippen LogP contribution >= 0.6 is 11.6 Å². The minimum atomic E-state index is 0.131. The first kappa shape index (κ1) is 9.00. The van der Waals surface area contributed by atoms with E-state index in [0.29, 0.717) is 0 Å². The molecule has 1 unspecified atom stereocenters. The van der Waals surface area contributed by atoms with Gasteiger partial charge in [0.25, 0.3) is 0 Å². The molecule has 2 rings (SSSR count). The number of rotatable bonds is 1. The molecule has 0 saturated carbocycles. The fraction of sp³-hybridized carbons (Fsp3) is 0.400. The van der Waals surface area contributed by atoms with Gasteiger partial charge in [-0.05, 0) is 17.7 Å². The lowest BCUT2D eigenvalue weighted by molar-refractivity contribution is 0.0261. The van der Waals surface area contributed by atoms with Crippen LogP contribution in [0.5, 0.6) is 0 Å². The van der Waals surface area contributed by atoms with E-state index in [0.717, 1.165) is 30.3 Å². The molecule has 1 heterocycles. The zero-order valence-electron chi connectivity index (χ0n) is 7.24. The summed E-state index contributed by atoms with van der Waals surface area (Å²) in [6.45, 7) is 2.32. The second kappa shape index (κ2) is 4.09. The largest absolute Gasteiger partial charge is 0.371 e. The highest BCUT2D eigenvalue weighted by Gasteiger charge is 2.15. The molecular formula is C10H11ClNO. The third kappa shape index (κ3) is 2.21. The highest BCUT2D eigenvalue weighted by molar-refractivity contribution is 6.30. The number of hydrogen-bond acceptors (Lipinski definition) is 1. The molecule has 2 nitrogen and oxygen atoms in total. The molecule has 1 aliphatic heterocycles. The van der Waals surface area contributed by atoms with Crippen molar-refractivity contribution < 1.29 is 4.74 Å². The van der Waals surface area contributed by atoms with Crippen LogP contribution in [0.2, 0.25) is 5.02 Å². The Balaban J connectivity index is 2.10. The first-order valence-corrected chi connectivity index (χ1v) is 4.74. The van der Waals surface area contributed by atoms with E-state index in [1.54, 1.807) is 0 Å². The van der Waals surface area contributed by atoms with Gasteiger partial charge in [0, 0.05) is 18.1 Å². The van der Waals surface area contributed by atoms with Crippen molar-refractivity contribution in [2.45, 2.75) is 6.10 Å². The number of halogens is 1. The van der Waals surface area contributed by atoms with Crippen LogP contribution in [-0.4, -0.2) is 19.7 Å². The summed E-state index contributed by atoms with van der Waals surface area (Å²) < 4.78 is 5.57. The van der Waals surface area contributed by atoms with Crippen LogP contribution in [0.1, 0.15) is 11.7 Å². The van der Waals surface area contributed by atoms with E-state index in [1.807, 2.05) is 24.3 Å². The van der Waals surface area contributed by atoms with E-state index in [9.17, 15) is 0 Å². The fourth-order valence-electron chi connectivity index (χ4n) is 1.40. The molecule has 0 bridgehead atoms. The maximum atomic E-state index is 5.79. The van der Waals surface area contributed by atoms with Crippen LogP contribution in [0.15, 0.2) is 24.3 Å². The minimum absolute atomic E-state index is 0.131. The zero-order chi connectivity index (χ0) is 9.10. The average Bonchev–Trinajstić information content (AvgIpc) is 2.20. The monoisotopic (exact) mass is 196 g/mol. The fourth-order valence-corrected chi connectivity index (χ4v) is 1.53. The van der Waals surface area contributed by atoms with Gasteiger partial charge in [-0.25, -0.2) is 5.32 Å². The molecule has 1 atom stereocenters. The van der Waals surface area contributed by atoms with Gasteiger partial charge in [0.05, 0.1) is 12.7 Å². The number of benzene rings is 1. The predicted octanol–water partition coefficient (Wildman–Crippen LogP) is 2.02. The molecule has 0 N–H and O–H groups in total. The highest BCUT2D eigenvalue weighted by Crippen LogP contribution is 2.20. The standard InChI is InChI=1S/C10H11ClNO/c11-9-3-1-8(2-4-9)10-7-12-5-6-13-10/h1-4,10H,5-7H2. The molecule has 69 valence electrons. The van der Waals surface area contributed by atoms with Crippen LogP contribution < -0.4 is 5.32 Å². The summed E-state index contributed by atoms with van der Waals surface area (Å²) in [5.41, 5.74) is 1.16. The topological polar surface area (TPSA) is 23.3 Å². The molecule has 0 aromatic heterocycles. The number of hydrogen-bond donors (Lipinski definition) is 0. The third-order valence-corrected chi connectivity index (χ3v) is 2.36. The Kier molecular flexibility index (Phi) is 2.83. The molecule has 1 aliphatic rings. The molecule has 1 fully saturated rings. The van der Waals surface area contributed by atoms with E-state index in [4.69, 9.17) is 16.3 Å². The van der Waals surface area contributed by atoms with Crippen LogP contribution in [0.4, 0.5) is 0 Å². The second-order valence-corrected chi connectivity index (χ2v) is 3.48. The van der Waals surface area contributed by atoms with Crippen molar-refractivity contribution in [3.8, 4) is 0 Å². The summed E-state index contributed by atoms with van der Waals surface area (Å²) in [6.07, 6.45) is 0.131. The summed E-state index contributed by atoms with van der Waals surface area (Å²) >= 11 is 5.79. The average molecular weight is 197 g/mol. The molecule has 1 radical (unpaired) electrons. The Morgan fingerprint density at radius 1 is 1.31 bits per heavy atom. The summed E-state index contributed by atoms with van der Waals surface area (Å²) in [5.74, 6) is 0. The smallest absolute Gasteiger partial charge is 0.0966 e. The molecule has 1 aromatic rings. The van der Waals surface area contributed by atoms with Crippen molar-refractivity contribution in [1.82, 2.24) is 5.32 Å². The van der Waals surface area contributed by atoms with E-state index >= 15 is 0 Å². The van der Waals surface area contributed by atoms with E-state index in [-0.39, 0.29) is 6.10 Å². The first-order valence-electron chi connectivity index (χ1n) is 4.36. The zero-order valence-corrected chi connectivity index (χ0v) is 8.00. The molecule has 0 aliphatic carbocycles. The summed E-state index contributed by atoms with van der Waals surface area (Å²) in [6, 6.07) is 7.76. The van der Waals surface area contributed by atoms with Gasteiger partial charge < -0.3 is 4.74 Å². The predicted molar refractivity (Wildman–Crippen MR) is 52.0 cm³/mol. The number of morpholine rings is 1. The van der Waals surface area contributed by atoms with Gasteiger partial charge >= 0.3 is 0 Å². The van der Waals surface area contributed by atoms with E-state index < -0.39 is 0 Å². The Hall–Kier alpha value is -0.570. The Morgan fingerprint density at radius 3 is 2.69 bits per heavy atom. The molecule has 1 saturated heterocycles. The van der Waals surface area contributed by atoms with Crippen molar-refractivity contribution in [3.05, 3.63) is 34.9 Å². The van der Waals surface area contributed by atoms with Crippen molar-refractivity contribution >= 4 is 11.6 Å². The van der Waals surface area contributed by atoms with Crippen molar-refractivity contribution in [3.63, 3.8) is 0 Å². The van der Waals surface area contributed by atoms with Crippen molar-refractivity contribution in [2.24, 2.45) is 0 Å². The van der Waals surface area contributed by atoms with Crippen LogP contribution in [0, 0.1) is 0 Å². The Labute approximate surface area is 82.9 Å². The number of nitrogens with zero attached hydrogens (tertiary/aromatic N) is 1. The molecule has 0 spiro atoms. The summed E-state index contributed by atoms with van der Waals surface area (Å²) in [7, 11) is 0. The van der Waals surface area contributed by atoms with Crippen LogP contribution in [0.25, 0.3) is 0 Å². The van der Waals surface area contributed by atoms with Crippen molar-refractivity contribution in [2.75, 3.05) is 19.7 Å². The van der Waals surface area contributed by atoms with Crippen molar-refractivity contribution in [1.29, 1.82) is 0 Å². The van der Waals surface area contributed by atoms with Crippen LogP contribution in [0.3, 0.4) is 0 Å². The molecule has 3 heteroatoms. The second-order valence-electron chi connectivity index (χ2n) is 3.04. The summed E-state index contributed by atoms with van der Waals surface area (Å²) in [4.78, 5) is 0. The first-order chi connectivity index (χ1) is 6.36. The maximum absolute atomic E-state index is 5.79. The highest BCUT2D eigenvalue weighted by atomic mass is 35.5. The minimum Gasteiger partial charge on any atom is -0.371 e.